The lowest BCUT2D eigenvalue weighted by Crippen LogP contribution is -2.35. The zero-order valence-electron chi connectivity index (χ0n) is 17.0. The number of morpholine rings is 1. The molecule has 9 heteroatoms. The summed E-state index contributed by atoms with van der Waals surface area (Å²) in [6, 6.07) is 12.5. The normalized spacial score (nSPS) is 15.6. The van der Waals surface area contributed by atoms with Crippen LogP contribution in [0.1, 0.15) is 34.8 Å². The van der Waals surface area contributed by atoms with Gasteiger partial charge in [-0.3, -0.25) is 9.69 Å². The molecule has 162 valence electrons. The number of nitrogens with zero attached hydrogens (tertiary/aromatic N) is 3. The lowest BCUT2D eigenvalue weighted by molar-refractivity contribution is 0.0342. The highest BCUT2D eigenvalue weighted by Gasteiger charge is 2.20. The summed E-state index contributed by atoms with van der Waals surface area (Å²) in [5.41, 5.74) is 2.35. The lowest BCUT2D eigenvalue weighted by atomic mass is 10.1. The summed E-state index contributed by atoms with van der Waals surface area (Å²) in [6.07, 6.45) is 0. The fraction of sp³-hybridized carbons (Fsp3) is 0.318. The molecule has 1 aliphatic heterocycles. The number of rotatable bonds is 6. The molecule has 1 aromatic heterocycles. The predicted molar refractivity (Wildman–Crippen MR) is 118 cm³/mol. The Morgan fingerprint density at radius 1 is 1.16 bits per heavy atom. The van der Waals surface area contributed by atoms with Gasteiger partial charge in [0.1, 0.15) is 6.04 Å². The second kappa shape index (κ2) is 9.78. The molecule has 1 N–H and O–H groups in total. The maximum atomic E-state index is 12.5. The third kappa shape index (κ3) is 5.25. The van der Waals surface area contributed by atoms with Gasteiger partial charge in [-0.05, 0) is 24.6 Å². The van der Waals surface area contributed by atoms with E-state index in [0.29, 0.717) is 16.7 Å². The predicted octanol–water partition coefficient (Wildman–Crippen LogP) is 4.37. The molecule has 0 aliphatic carbocycles. The molecular weight excluding hydrogens is 439 g/mol. The highest BCUT2D eigenvalue weighted by Crippen LogP contribution is 2.26. The molecule has 2 aromatic carbocycles. The average Bonchev–Trinajstić information content (AvgIpc) is 3.27. The molecule has 1 fully saturated rings. The summed E-state index contributed by atoms with van der Waals surface area (Å²) in [5.74, 6) is 0.404. The molecule has 0 saturated carbocycles. The third-order valence-electron chi connectivity index (χ3n) is 5.08. The smallest absolute Gasteiger partial charge is 0.253 e. The Bertz CT molecular complexity index is 1050. The van der Waals surface area contributed by atoms with E-state index in [-0.39, 0.29) is 16.5 Å². The monoisotopic (exact) mass is 460 g/mol. The zero-order valence-corrected chi connectivity index (χ0v) is 18.5. The van der Waals surface area contributed by atoms with Gasteiger partial charge in [-0.15, -0.1) is 0 Å². The van der Waals surface area contributed by atoms with E-state index in [1.54, 1.807) is 25.1 Å². The minimum atomic E-state index is -0.496. The molecule has 0 bridgehead atoms. The molecule has 7 nitrogen and oxygen atoms in total. The van der Waals surface area contributed by atoms with Gasteiger partial charge in [0.05, 0.1) is 28.8 Å². The van der Waals surface area contributed by atoms with Crippen LogP contribution >= 0.6 is 23.2 Å². The molecule has 0 spiro atoms. The molecular formula is C22H22Cl2N4O3. The lowest BCUT2D eigenvalue weighted by Gasteiger charge is -2.26. The molecule has 4 rings (SSSR count). The van der Waals surface area contributed by atoms with E-state index >= 15 is 0 Å². The van der Waals surface area contributed by atoms with Gasteiger partial charge in [-0.25, -0.2) is 0 Å². The van der Waals surface area contributed by atoms with Crippen LogP contribution < -0.4 is 5.32 Å². The first-order valence-electron chi connectivity index (χ1n) is 9.99. The molecule has 1 atom stereocenters. The minimum Gasteiger partial charge on any atom is -0.379 e. The summed E-state index contributed by atoms with van der Waals surface area (Å²) >= 11 is 12.1. The van der Waals surface area contributed by atoms with Gasteiger partial charge in [0.15, 0.2) is 0 Å². The second-order valence-electron chi connectivity index (χ2n) is 7.34. The van der Waals surface area contributed by atoms with E-state index < -0.39 is 6.04 Å². The average molecular weight is 461 g/mol. The molecule has 1 saturated heterocycles. The van der Waals surface area contributed by atoms with Crippen LogP contribution in [0.3, 0.4) is 0 Å². The van der Waals surface area contributed by atoms with Crippen molar-refractivity contribution in [2.24, 2.45) is 0 Å². The maximum Gasteiger partial charge on any atom is 0.253 e. The van der Waals surface area contributed by atoms with E-state index in [4.69, 9.17) is 32.5 Å². The van der Waals surface area contributed by atoms with Crippen LogP contribution in [0.4, 0.5) is 0 Å². The van der Waals surface area contributed by atoms with E-state index in [1.165, 1.54) is 5.56 Å². The van der Waals surface area contributed by atoms with Crippen LogP contribution in [0.2, 0.25) is 10.0 Å². The Hall–Kier alpha value is -2.45. The van der Waals surface area contributed by atoms with Crippen molar-refractivity contribution in [1.29, 1.82) is 0 Å². The van der Waals surface area contributed by atoms with E-state index in [9.17, 15) is 4.79 Å². The summed E-state index contributed by atoms with van der Waals surface area (Å²) < 4.78 is 10.8. The first-order chi connectivity index (χ1) is 15.0. The molecule has 1 unspecified atom stereocenters. The van der Waals surface area contributed by atoms with Gasteiger partial charge in [0, 0.05) is 25.2 Å². The molecule has 2 heterocycles. The van der Waals surface area contributed by atoms with Gasteiger partial charge in [0.25, 0.3) is 5.91 Å². The van der Waals surface area contributed by atoms with Gasteiger partial charge >= 0.3 is 0 Å². The highest BCUT2D eigenvalue weighted by atomic mass is 35.5. The van der Waals surface area contributed by atoms with Crippen LogP contribution in [-0.2, 0) is 11.3 Å². The Morgan fingerprint density at radius 2 is 1.90 bits per heavy atom. The number of hydrogen-bond donors (Lipinski definition) is 1. The fourth-order valence-corrected chi connectivity index (χ4v) is 3.71. The quantitative estimate of drug-likeness (QED) is 0.588. The fourth-order valence-electron chi connectivity index (χ4n) is 3.32. The van der Waals surface area contributed by atoms with Gasteiger partial charge in [0.2, 0.25) is 11.7 Å². The first-order valence-corrected chi connectivity index (χ1v) is 10.7. The first kappa shape index (κ1) is 21.8. The summed E-state index contributed by atoms with van der Waals surface area (Å²) in [6.45, 7) is 6.10. The Kier molecular flexibility index (Phi) is 6.87. The number of benzene rings is 2. The highest BCUT2D eigenvalue weighted by molar-refractivity contribution is 6.43. The number of ether oxygens (including phenoxy) is 1. The van der Waals surface area contributed by atoms with Crippen molar-refractivity contribution in [3.05, 3.63) is 69.5 Å². The van der Waals surface area contributed by atoms with Crippen molar-refractivity contribution in [2.45, 2.75) is 19.5 Å². The number of aromatic nitrogens is 2. The third-order valence-corrected chi connectivity index (χ3v) is 5.90. The van der Waals surface area contributed by atoms with Crippen molar-refractivity contribution >= 4 is 29.1 Å². The van der Waals surface area contributed by atoms with Gasteiger partial charge in [-0.1, -0.05) is 58.7 Å². The summed E-state index contributed by atoms with van der Waals surface area (Å²) in [4.78, 5) is 19.3. The molecule has 3 aromatic rings. The van der Waals surface area contributed by atoms with E-state index in [2.05, 4.69) is 32.5 Å². The molecule has 0 radical (unpaired) electrons. The van der Waals surface area contributed by atoms with Crippen molar-refractivity contribution in [3.8, 4) is 11.4 Å². The van der Waals surface area contributed by atoms with Crippen molar-refractivity contribution in [1.82, 2.24) is 20.4 Å². The standard InChI is InChI=1S/C22H22Cl2N4O3/c1-14(25-21(29)17-3-2-4-18(23)19(17)24)22-26-20(27-31-22)16-7-5-15(6-8-16)13-28-9-11-30-12-10-28/h2-8,14H,9-13H2,1H3,(H,25,29). The largest absolute Gasteiger partial charge is 0.379 e. The van der Waals surface area contributed by atoms with Crippen LogP contribution in [0.5, 0.6) is 0 Å². The Balaban J connectivity index is 1.40. The zero-order chi connectivity index (χ0) is 21.8. The van der Waals surface area contributed by atoms with E-state index in [1.807, 2.05) is 12.1 Å². The van der Waals surface area contributed by atoms with Gasteiger partial charge in [-0.2, -0.15) is 4.98 Å². The van der Waals surface area contributed by atoms with E-state index in [0.717, 1.165) is 38.4 Å². The Morgan fingerprint density at radius 3 is 2.65 bits per heavy atom. The van der Waals surface area contributed by atoms with Crippen LogP contribution in [-0.4, -0.2) is 47.3 Å². The molecule has 31 heavy (non-hydrogen) atoms. The number of nitrogens with one attached hydrogen (secondary N) is 1. The summed E-state index contributed by atoms with van der Waals surface area (Å²) in [5, 5.41) is 7.38. The SMILES string of the molecule is CC(NC(=O)c1cccc(Cl)c1Cl)c1nc(-c2ccc(CN3CCOCC3)cc2)no1. The number of amides is 1. The number of carbonyl (C=O) groups is 1. The maximum absolute atomic E-state index is 12.5. The molecule has 1 aliphatic rings. The van der Waals surface area contributed by atoms with Crippen LogP contribution in [0.15, 0.2) is 47.0 Å². The van der Waals surface area contributed by atoms with Gasteiger partial charge < -0.3 is 14.6 Å². The van der Waals surface area contributed by atoms with Crippen LogP contribution in [0.25, 0.3) is 11.4 Å². The molecule has 1 amide bonds. The van der Waals surface area contributed by atoms with Crippen molar-refractivity contribution in [3.63, 3.8) is 0 Å². The topological polar surface area (TPSA) is 80.5 Å². The number of halogens is 2. The Labute approximate surface area is 190 Å². The number of hydrogen-bond acceptors (Lipinski definition) is 6. The van der Waals surface area contributed by atoms with Crippen LogP contribution in [0, 0.1) is 0 Å². The number of carbonyl (C=O) groups excluding carboxylic acids is 1. The summed E-state index contributed by atoms with van der Waals surface area (Å²) in [7, 11) is 0. The van der Waals surface area contributed by atoms with Crippen molar-refractivity contribution in [2.75, 3.05) is 26.3 Å². The van der Waals surface area contributed by atoms with Crippen molar-refractivity contribution < 1.29 is 14.1 Å². The second-order valence-corrected chi connectivity index (χ2v) is 8.12. The minimum absolute atomic E-state index is 0.206.